The van der Waals surface area contributed by atoms with Gasteiger partial charge in [0, 0.05) is 26.8 Å². The Hall–Kier alpha value is -0.700. The largest absolute Gasteiger partial charge is 0.381 e. The van der Waals surface area contributed by atoms with Crippen molar-refractivity contribution in [1.82, 2.24) is 0 Å². The Kier molecular flexibility index (Phi) is 4.32. The highest BCUT2D eigenvalue weighted by Gasteiger charge is 2.01. The summed E-state index contributed by atoms with van der Waals surface area (Å²) in [6, 6.07) is 13.5. The normalized spacial score (nSPS) is 10.3. The fraction of sp³-hybridized carbons (Fsp3) is 0.0769. The van der Waals surface area contributed by atoms with Gasteiger partial charge in [0.15, 0.2) is 0 Å². The maximum Gasteiger partial charge on any atom is 0.0467 e. The Bertz CT molecular complexity index is 529. The number of halogens is 3. The van der Waals surface area contributed by atoms with Gasteiger partial charge in [-0.05, 0) is 35.9 Å². The van der Waals surface area contributed by atoms with E-state index in [1.807, 2.05) is 42.5 Å². The average Bonchev–Trinajstić information content (AvgIpc) is 2.28. The molecule has 0 atom stereocenters. The van der Waals surface area contributed by atoms with Gasteiger partial charge in [0.1, 0.15) is 0 Å². The molecule has 0 amide bonds. The Morgan fingerprint density at radius 1 is 1.06 bits per heavy atom. The molecule has 0 bridgehead atoms. The van der Waals surface area contributed by atoms with Gasteiger partial charge >= 0.3 is 0 Å². The van der Waals surface area contributed by atoms with E-state index in [4.69, 9.17) is 23.2 Å². The molecule has 2 aromatic rings. The maximum atomic E-state index is 6.13. The van der Waals surface area contributed by atoms with Gasteiger partial charge in [0.2, 0.25) is 0 Å². The van der Waals surface area contributed by atoms with Crippen LogP contribution in [-0.2, 0) is 6.54 Å². The van der Waals surface area contributed by atoms with E-state index in [1.165, 1.54) is 0 Å². The number of nitrogens with one attached hydrogen (secondary N) is 1. The molecule has 1 N–H and O–H groups in total. The molecule has 17 heavy (non-hydrogen) atoms. The molecule has 0 unspecified atom stereocenters. The van der Waals surface area contributed by atoms with Gasteiger partial charge in [-0.15, -0.1) is 0 Å². The van der Waals surface area contributed by atoms with Crippen LogP contribution in [0.4, 0.5) is 5.69 Å². The van der Waals surface area contributed by atoms with Gasteiger partial charge < -0.3 is 5.32 Å². The Labute approximate surface area is 119 Å². The van der Waals surface area contributed by atoms with Crippen LogP contribution in [0.3, 0.4) is 0 Å². The molecule has 4 heteroatoms. The minimum absolute atomic E-state index is 0.673. The highest BCUT2D eigenvalue weighted by atomic mass is 79.9. The molecule has 0 radical (unpaired) electrons. The summed E-state index contributed by atoms with van der Waals surface area (Å²) in [4.78, 5) is 0. The first-order valence-corrected chi connectivity index (χ1v) is 6.63. The van der Waals surface area contributed by atoms with E-state index in [9.17, 15) is 0 Å². The summed E-state index contributed by atoms with van der Waals surface area (Å²) in [5, 5.41) is 4.74. The zero-order valence-electron chi connectivity index (χ0n) is 8.88. The lowest BCUT2D eigenvalue weighted by molar-refractivity contribution is 1.15. The molecule has 0 saturated heterocycles. The van der Waals surface area contributed by atoms with Crippen molar-refractivity contribution in [3.05, 3.63) is 62.5 Å². The Balaban J connectivity index is 2.07. The van der Waals surface area contributed by atoms with Crippen molar-refractivity contribution in [3.8, 4) is 0 Å². The summed E-state index contributed by atoms with van der Waals surface area (Å²) >= 11 is 15.4. The van der Waals surface area contributed by atoms with E-state index < -0.39 is 0 Å². The summed E-state index contributed by atoms with van der Waals surface area (Å²) in [6.45, 7) is 0.673. The molecule has 2 rings (SSSR count). The minimum Gasteiger partial charge on any atom is -0.381 e. The number of benzene rings is 2. The lowest BCUT2D eigenvalue weighted by Gasteiger charge is -2.08. The average molecular weight is 331 g/mol. The molecular weight excluding hydrogens is 321 g/mol. The number of rotatable bonds is 3. The van der Waals surface area contributed by atoms with Gasteiger partial charge in [-0.25, -0.2) is 0 Å². The van der Waals surface area contributed by atoms with Crippen LogP contribution in [0.1, 0.15) is 5.56 Å². The second-order valence-corrected chi connectivity index (χ2v) is 5.36. The van der Waals surface area contributed by atoms with E-state index in [1.54, 1.807) is 0 Å². The maximum absolute atomic E-state index is 6.13. The minimum atomic E-state index is 0.673. The zero-order chi connectivity index (χ0) is 12.3. The van der Waals surface area contributed by atoms with Crippen LogP contribution in [-0.4, -0.2) is 0 Å². The van der Waals surface area contributed by atoms with Crippen molar-refractivity contribution in [2.45, 2.75) is 6.54 Å². The Morgan fingerprint density at radius 2 is 1.88 bits per heavy atom. The van der Waals surface area contributed by atoms with Gasteiger partial charge in [-0.1, -0.05) is 51.3 Å². The van der Waals surface area contributed by atoms with Crippen molar-refractivity contribution in [2.75, 3.05) is 5.32 Å². The second kappa shape index (κ2) is 5.76. The molecule has 0 heterocycles. The summed E-state index contributed by atoms with van der Waals surface area (Å²) in [7, 11) is 0. The van der Waals surface area contributed by atoms with Crippen LogP contribution in [0.15, 0.2) is 46.9 Å². The van der Waals surface area contributed by atoms with Crippen molar-refractivity contribution in [3.63, 3.8) is 0 Å². The number of anilines is 1. The summed E-state index contributed by atoms with van der Waals surface area (Å²) in [5.74, 6) is 0. The van der Waals surface area contributed by atoms with Crippen LogP contribution in [0.5, 0.6) is 0 Å². The first kappa shape index (κ1) is 12.7. The van der Waals surface area contributed by atoms with E-state index >= 15 is 0 Å². The van der Waals surface area contributed by atoms with Crippen molar-refractivity contribution in [2.24, 2.45) is 0 Å². The molecule has 0 spiro atoms. The second-order valence-electron chi connectivity index (χ2n) is 3.60. The highest BCUT2D eigenvalue weighted by Crippen LogP contribution is 2.23. The molecular formula is C13H10BrCl2N. The molecule has 0 aliphatic heterocycles. The Morgan fingerprint density at radius 3 is 2.59 bits per heavy atom. The first-order chi connectivity index (χ1) is 8.15. The molecule has 0 fully saturated rings. The van der Waals surface area contributed by atoms with Gasteiger partial charge in [-0.2, -0.15) is 0 Å². The fourth-order valence-electron chi connectivity index (χ4n) is 1.46. The van der Waals surface area contributed by atoms with E-state index in [-0.39, 0.29) is 0 Å². The first-order valence-electron chi connectivity index (χ1n) is 5.08. The molecule has 0 aliphatic rings. The third kappa shape index (κ3) is 3.63. The summed E-state index contributed by atoms with van der Waals surface area (Å²) in [5.41, 5.74) is 2.03. The summed E-state index contributed by atoms with van der Waals surface area (Å²) in [6.07, 6.45) is 0. The quantitative estimate of drug-likeness (QED) is 0.797. The van der Waals surface area contributed by atoms with Crippen molar-refractivity contribution < 1.29 is 0 Å². The van der Waals surface area contributed by atoms with Crippen LogP contribution >= 0.6 is 39.1 Å². The number of hydrogen-bond donors (Lipinski definition) is 1. The van der Waals surface area contributed by atoms with Gasteiger partial charge in [0.25, 0.3) is 0 Å². The lowest BCUT2D eigenvalue weighted by Crippen LogP contribution is -1.99. The van der Waals surface area contributed by atoms with Gasteiger partial charge in [-0.3, -0.25) is 0 Å². The molecule has 88 valence electrons. The SMILES string of the molecule is Clc1cccc(NCc2ccc(Br)cc2Cl)c1. The molecule has 0 saturated carbocycles. The smallest absolute Gasteiger partial charge is 0.0467 e. The predicted octanol–water partition coefficient (Wildman–Crippen LogP) is 5.37. The van der Waals surface area contributed by atoms with Crippen LogP contribution in [0, 0.1) is 0 Å². The van der Waals surface area contributed by atoms with Crippen LogP contribution in [0.25, 0.3) is 0 Å². The van der Waals surface area contributed by atoms with Gasteiger partial charge in [0.05, 0.1) is 0 Å². The third-order valence-electron chi connectivity index (χ3n) is 2.32. The van der Waals surface area contributed by atoms with E-state index in [0.717, 1.165) is 25.8 Å². The molecule has 0 aromatic heterocycles. The molecule has 1 nitrogen and oxygen atoms in total. The molecule has 2 aromatic carbocycles. The zero-order valence-corrected chi connectivity index (χ0v) is 12.0. The van der Waals surface area contributed by atoms with Crippen LogP contribution in [0.2, 0.25) is 10.0 Å². The fourth-order valence-corrected chi connectivity index (χ4v) is 2.39. The summed E-state index contributed by atoms with van der Waals surface area (Å²) < 4.78 is 0.981. The topological polar surface area (TPSA) is 12.0 Å². The molecule has 0 aliphatic carbocycles. The third-order valence-corrected chi connectivity index (χ3v) is 3.40. The van der Waals surface area contributed by atoms with Crippen LogP contribution < -0.4 is 5.32 Å². The monoisotopic (exact) mass is 329 g/mol. The van der Waals surface area contributed by atoms with Crippen molar-refractivity contribution >= 4 is 44.8 Å². The lowest BCUT2D eigenvalue weighted by atomic mass is 10.2. The standard InChI is InChI=1S/C13H10BrCl2N/c14-10-5-4-9(13(16)6-10)8-17-12-3-1-2-11(15)7-12/h1-7,17H,8H2. The van der Waals surface area contributed by atoms with Crippen molar-refractivity contribution in [1.29, 1.82) is 0 Å². The highest BCUT2D eigenvalue weighted by molar-refractivity contribution is 9.10. The van der Waals surface area contributed by atoms with E-state index in [0.29, 0.717) is 6.54 Å². The predicted molar refractivity (Wildman–Crippen MR) is 77.9 cm³/mol. The van der Waals surface area contributed by atoms with E-state index in [2.05, 4.69) is 21.2 Å². The number of hydrogen-bond acceptors (Lipinski definition) is 1.